The van der Waals surface area contributed by atoms with Crippen molar-refractivity contribution < 1.29 is 14.7 Å². The van der Waals surface area contributed by atoms with E-state index in [1.165, 1.54) is 0 Å². The van der Waals surface area contributed by atoms with Gasteiger partial charge in [-0.2, -0.15) is 4.98 Å². The number of halogens is 1. The molecule has 2 N–H and O–H groups in total. The molecule has 0 radical (unpaired) electrons. The summed E-state index contributed by atoms with van der Waals surface area (Å²) in [4.78, 5) is 24.7. The lowest BCUT2D eigenvalue weighted by atomic mass is 10.1. The second-order valence-electron chi connectivity index (χ2n) is 8.51. The van der Waals surface area contributed by atoms with Crippen molar-refractivity contribution in [2.45, 2.75) is 38.3 Å². The molecule has 1 saturated heterocycles. The molecule has 3 aromatic heterocycles. The number of imidazole rings is 1. The summed E-state index contributed by atoms with van der Waals surface area (Å²) >= 11 is 6.55. The standard InChI is InChI=1S/C22H25ClN6O4/c1-13(11-30)21-25-20(26-33-21)17-19-22(32)28(9-8-27-7-3-4-14(31)10-27)18-15(23)5-2-6-16(18)29(19)12-24-17/h2,5-6,12-14,30-31H,3-4,7-11H2,1H3. The molecule has 1 aliphatic heterocycles. The molecule has 4 heterocycles. The van der Waals surface area contributed by atoms with Crippen molar-refractivity contribution in [1.82, 2.24) is 29.0 Å². The number of fused-ring (bicyclic) bond motifs is 3. The molecule has 1 aromatic carbocycles. The Balaban J connectivity index is 1.63. The van der Waals surface area contributed by atoms with E-state index >= 15 is 0 Å². The molecular formula is C22H25ClN6O4. The molecule has 1 aliphatic rings. The lowest BCUT2D eigenvalue weighted by Crippen LogP contribution is -2.41. The van der Waals surface area contributed by atoms with Crippen molar-refractivity contribution in [3.8, 4) is 11.5 Å². The van der Waals surface area contributed by atoms with Gasteiger partial charge < -0.3 is 19.3 Å². The molecule has 0 saturated carbocycles. The highest BCUT2D eigenvalue weighted by Crippen LogP contribution is 2.27. The highest BCUT2D eigenvalue weighted by molar-refractivity contribution is 6.35. The van der Waals surface area contributed by atoms with Gasteiger partial charge >= 0.3 is 0 Å². The third-order valence-corrected chi connectivity index (χ3v) is 6.48. The molecule has 4 aromatic rings. The number of rotatable bonds is 6. The fourth-order valence-electron chi connectivity index (χ4n) is 4.39. The first-order chi connectivity index (χ1) is 16.0. The van der Waals surface area contributed by atoms with Gasteiger partial charge in [0, 0.05) is 19.6 Å². The predicted octanol–water partition coefficient (Wildman–Crippen LogP) is 1.91. The fourth-order valence-corrected chi connectivity index (χ4v) is 4.66. The third-order valence-electron chi connectivity index (χ3n) is 6.18. The number of benzene rings is 1. The second kappa shape index (κ2) is 8.86. The van der Waals surface area contributed by atoms with Crippen LogP contribution in [0.15, 0.2) is 33.8 Å². The van der Waals surface area contributed by atoms with Crippen LogP contribution < -0.4 is 5.56 Å². The minimum absolute atomic E-state index is 0.132. The highest BCUT2D eigenvalue weighted by Gasteiger charge is 2.24. The van der Waals surface area contributed by atoms with Crippen LogP contribution in [0.1, 0.15) is 31.6 Å². The number of β-amino-alcohol motifs (C(OH)–C–C–N with tert-alkyl or cyclic N) is 1. The summed E-state index contributed by atoms with van der Waals surface area (Å²) in [5.41, 5.74) is 1.74. The van der Waals surface area contributed by atoms with E-state index in [1.54, 1.807) is 28.3 Å². The van der Waals surface area contributed by atoms with Crippen LogP contribution in [0.4, 0.5) is 0 Å². The number of piperidine rings is 1. The fraction of sp³-hybridized carbons (Fsp3) is 0.455. The van der Waals surface area contributed by atoms with E-state index in [2.05, 4.69) is 20.0 Å². The van der Waals surface area contributed by atoms with Crippen LogP contribution in [0.3, 0.4) is 0 Å². The summed E-state index contributed by atoms with van der Waals surface area (Å²) in [6, 6.07) is 5.47. The van der Waals surface area contributed by atoms with Gasteiger partial charge in [0.1, 0.15) is 17.5 Å². The van der Waals surface area contributed by atoms with Crippen molar-refractivity contribution >= 4 is 28.2 Å². The van der Waals surface area contributed by atoms with Gasteiger partial charge in [0.25, 0.3) is 5.56 Å². The molecule has 2 atom stereocenters. The van der Waals surface area contributed by atoms with Crippen molar-refractivity contribution in [1.29, 1.82) is 0 Å². The van der Waals surface area contributed by atoms with E-state index in [-0.39, 0.29) is 35.9 Å². The Labute approximate surface area is 194 Å². The molecule has 33 heavy (non-hydrogen) atoms. The molecule has 0 aliphatic carbocycles. The molecule has 1 fully saturated rings. The normalized spacial score (nSPS) is 18.4. The molecule has 10 nitrogen and oxygen atoms in total. The van der Waals surface area contributed by atoms with Gasteiger partial charge in [-0.3, -0.25) is 14.1 Å². The Hall–Kier alpha value is -2.79. The van der Waals surface area contributed by atoms with Gasteiger partial charge in [0.05, 0.1) is 34.7 Å². The van der Waals surface area contributed by atoms with Gasteiger partial charge in [0.15, 0.2) is 0 Å². The Kier molecular flexibility index (Phi) is 5.92. The van der Waals surface area contributed by atoms with E-state index in [4.69, 9.17) is 16.1 Å². The van der Waals surface area contributed by atoms with Crippen LogP contribution in [0.25, 0.3) is 28.1 Å². The first-order valence-electron chi connectivity index (χ1n) is 11.0. The topological polar surface area (TPSA) is 122 Å². The van der Waals surface area contributed by atoms with E-state index in [1.807, 2.05) is 12.1 Å². The maximum atomic E-state index is 13.7. The number of para-hydroxylation sites is 1. The first kappa shape index (κ1) is 22.0. The Morgan fingerprint density at radius 2 is 2.15 bits per heavy atom. The summed E-state index contributed by atoms with van der Waals surface area (Å²) in [5, 5.41) is 23.8. The average molecular weight is 473 g/mol. The van der Waals surface area contributed by atoms with Gasteiger partial charge in [-0.1, -0.05) is 29.7 Å². The second-order valence-corrected chi connectivity index (χ2v) is 8.92. The molecule has 0 amide bonds. The maximum Gasteiger partial charge on any atom is 0.277 e. The Morgan fingerprint density at radius 1 is 1.30 bits per heavy atom. The van der Waals surface area contributed by atoms with Crippen LogP contribution >= 0.6 is 11.6 Å². The highest BCUT2D eigenvalue weighted by atomic mass is 35.5. The van der Waals surface area contributed by atoms with Gasteiger partial charge in [-0.15, -0.1) is 0 Å². The number of likely N-dealkylation sites (tertiary alicyclic amines) is 1. The quantitative estimate of drug-likeness (QED) is 0.436. The molecule has 2 unspecified atom stereocenters. The number of hydrogen-bond donors (Lipinski definition) is 2. The molecule has 5 rings (SSSR count). The number of aromatic nitrogens is 5. The average Bonchev–Trinajstić information content (AvgIpc) is 3.46. The molecular weight excluding hydrogens is 448 g/mol. The predicted molar refractivity (Wildman–Crippen MR) is 122 cm³/mol. The van der Waals surface area contributed by atoms with Crippen LogP contribution in [-0.2, 0) is 6.54 Å². The zero-order valence-corrected chi connectivity index (χ0v) is 18.9. The zero-order chi connectivity index (χ0) is 23.1. The SMILES string of the molecule is CC(CO)c1nc(-c2ncn3c2c(=O)n(CCN2CCCC(O)C2)c2c(Cl)cccc23)no1. The number of aliphatic hydroxyl groups is 2. The minimum Gasteiger partial charge on any atom is -0.396 e. The maximum absolute atomic E-state index is 13.7. The minimum atomic E-state index is -0.339. The van der Waals surface area contributed by atoms with Crippen molar-refractivity contribution in [2.75, 3.05) is 26.2 Å². The summed E-state index contributed by atoms with van der Waals surface area (Å²) in [6.07, 6.45) is 2.95. The summed E-state index contributed by atoms with van der Waals surface area (Å²) < 4.78 is 8.64. The number of hydrogen-bond acceptors (Lipinski definition) is 8. The van der Waals surface area contributed by atoms with Crippen molar-refractivity contribution in [3.63, 3.8) is 0 Å². The third kappa shape index (κ3) is 3.93. The van der Waals surface area contributed by atoms with E-state index in [9.17, 15) is 15.0 Å². The van der Waals surface area contributed by atoms with E-state index in [0.717, 1.165) is 24.9 Å². The van der Waals surface area contributed by atoms with Crippen LogP contribution in [0.5, 0.6) is 0 Å². The van der Waals surface area contributed by atoms with E-state index in [0.29, 0.717) is 41.4 Å². The molecule has 0 bridgehead atoms. The number of nitrogens with zero attached hydrogens (tertiary/aromatic N) is 6. The van der Waals surface area contributed by atoms with Gasteiger partial charge in [0.2, 0.25) is 11.7 Å². The molecule has 174 valence electrons. The number of aliphatic hydroxyl groups excluding tert-OH is 2. The van der Waals surface area contributed by atoms with Crippen LogP contribution in [0.2, 0.25) is 5.02 Å². The van der Waals surface area contributed by atoms with E-state index < -0.39 is 0 Å². The summed E-state index contributed by atoms with van der Waals surface area (Å²) in [5.74, 6) is 0.148. The largest absolute Gasteiger partial charge is 0.396 e. The summed E-state index contributed by atoms with van der Waals surface area (Å²) in [6.45, 7) is 4.13. The summed E-state index contributed by atoms with van der Waals surface area (Å²) in [7, 11) is 0. The monoisotopic (exact) mass is 472 g/mol. The smallest absolute Gasteiger partial charge is 0.277 e. The lowest BCUT2D eigenvalue weighted by molar-refractivity contribution is 0.0690. The lowest BCUT2D eigenvalue weighted by Gasteiger charge is -2.30. The van der Waals surface area contributed by atoms with Crippen LogP contribution in [-0.4, -0.2) is 71.6 Å². The Morgan fingerprint density at radius 3 is 2.94 bits per heavy atom. The Bertz CT molecular complexity index is 1360. The zero-order valence-electron chi connectivity index (χ0n) is 18.2. The van der Waals surface area contributed by atoms with Crippen molar-refractivity contribution in [2.24, 2.45) is 0 Å². The van der Waals surface area contributed by atoms with Gasteiger partial charge in [-0.05, 0) is 31.5 Å². The first-order valence-corrected chi connectivity index (χ1v) is 11.4. The van der Waals surface area contributed by atoms with Crippen molar-refractivity contribution in [3.05, 3.63) is 45.8 Å². The molecule has 0 spiro atoms. The van der Waals surface area contributed by atoms with Gasteiger partial charge in [-0.25, -0.2) is 4.98 Å². The molecule has 11 heteroatoms. The van der Waals surface area contributed by atoms with Crippen LogP contribution in [0, 0.1) is 0 Å².